The summed E-state index contributed by atoms with van der Waals surface area (Å²) in [6.07, 6.45) is 0.907. The van der Waals surface area contributed by atoms with E-state index >= 15 is 0 Å². The van der Waals surface area contributed by atoms with E-state index in [1.54, 1.807) is 6.07 Å². The lowest BCUT2D eigenvalue weighted by Crippen LogP contribution is -2.44. The molecule has 1 aromatic rings. The van der Waals surface area contributed by atoms with E-state index in [-0.39, 0.29) is 30.8 Å². The van der Waals surface area contributed by atoms with E-state index in [4.69, 9.17) is 10.5 Å². The van der Waals surface area contributed by atoms with Gasteiger partial charge in [-0.2, -0.15) is 0 Å². The van der Waals surface area contributed by atoms with Gasteiger partial charge in [0, 0.05) is 25.8 Å². The number of anilines is 1. The van der Waals surface area contributed by atoms with Crippen molar-refractivity contribution in [3.8, 4) is 0 Å². The van der Waals surface area contributed by atoms with Crippen LogP contribution < -0.4 is 11.1 Å². The second kappa shape index (κ2) is 7.63. The summed E-state index contributed by atoms with van der Waals surface area (Å²) in [5.74, 6) is -0.750. The minimum absolute atomic E-state index is 0.0646. The smallest absolute Gasteiger partial charge is 0.252 e. The van der Waals surface area contributed by atoms with Crippen LogP contribution in [0.3, 0.4) is 0 Å². The molecular formula is C17H26FN3O4. The first-order valence-corrected chi connectivity index (χ1v) is 8.30. The van der Waals surface area contributed by atoms with Gasteiger partial charge in [0.25, 0.3) is 5.91 Å². The van der Waals surface area contributed by atoms with E-state index in [0.29, 0.717) is 18.7 Å². The molecule has 0 saturated carbocycles. The summed E-state index contributed by atoms with van der Waals surface area (Å²) >= 11 is 0. The Balaban J connectivity index is 2.20. The molecule has 5 N–H and O–H groups in total. The molecule has 8 heteroatoms. The number of hydrogen-bond acceptors (Lipinski definition) is 6. The average Bonchev–Trinajstić information content (AvgIpc) is 2.52. The number of rotatable bonds is 7. The summed E-state index contributed by atoms with van der Waals surface area (Å²) in [7, 11) is 0. The van der Waals surface area contributed by atoms with Gasteiger partial charge in [0.05, 0.1) is 29.2 Å². The number of amides is 1. The third-order valence-electron chi connectivity index (χ3n) is 4.32. The number of aliphatic hydroxyl groups is 2. The molecule has 140 valence electrons. The van der Waals surface area contributed by atoms with Crippen LogP contribution in [-0.4, -0.2) is 58.2 Å². The molecule has 0 aliphatic carbocycles. The Hall–Kier alpha value is -1.77. The molecule has 0 radical (unpaired) electrons. The molecule has 1 unspecified atom stereocenters. The molecule has 7 nitrogen and oxygen atoms in total. The molecular weight excluding hydrogens is 329 g/mol. The first kappa shape index (κ1) is 19.6. The number of carbonyl (C=O) groups is 1. The van der Waals surface area contributed by atoms with E-state index in [1.165, 1.54) is 20.0 Å². The second-order valence-corrected chi connectivity index (χ2v) is 7.10. The largest absolute Gasteiger partial charge is 0.387 e. The van der Waals surface area contributed by atoms with Crippen molar-refractivity contribution in [3.05, 3.63) is 23.5 Å². The summed E-state index contributed by atoms with van der Waals surface area (Å²) in [5, 5.41) is 23.2. The third-order valence-corrected chi connectivity index (χ3v) is 4.32. The fourth-order valence-corrected chi connectivity index (χ4v) is 2.74. The molecule has 1 aromatic heterocycles. The predicted molar refractivity (Wildman–Crippen MR) is 91.1 cm³/mol. The van der Waals surface area contributed by atoms with Gasteiger partial charge in [0.2, 0.25) is 0 Å². The molecule has 2 atom stereocenters. The van der Waals surface area contributed by atoms with Crippen molar-refractivity contribution in [1.82, 2.24) is 4.98 Å². The maximum atomic E-state index is 14.2. The number of aromatic nitrogens is 1. The third kappa shape index (κ3) is 5.10. The number of nitrogens with zero attached hydrogens (tertiary/aromatic N) is 1. The second-order valence-electron chi connectivity index (χ2n) is 7.10. The molecule has 2 heterocycles. The van der Waals surface area contributed by atoms with Crippen LogP contribution in [0.1, 0.15) is 42.7 Å². The Morgan fingerprint density at radius 2 is 2.32 bits per heavy atom. The van der Waals surface area contributed by atoms with Crippen LogP contribution in [0, 0.1) is 0 Å². The molecule has 1 fully saturated rings. The number of pyridine rings is 1. The highest BCUT2D eigenvalue weighted by atomic mass is 19.1. The van der Waals surface area contributed by atoms with Gasteiger partial charge in [-0.05, 0) is 32.8 Å². The van der Waals surface area contributed by atoms with E-state index in [1.807, 2.05) is 0 Å². The standard InChI is InChI=1S/C17H26FN3O4/c1-16(2,23)13(18)8-12-14(15(19)22)11(4-6-20-12)21-9-17(24)5-3-7-25-10-17/h4,6,13,23-24H,3,5,7-10H2,1-2H3,(H2,19,22)(H,20,21)/t13-,17?/m1/s1. The minimum Gasteiger partial charge on any atom is -0.387 e. The number of hydrogen-bond donors (Lipinski definition) is 4. The summed E-state index contributed by atoms with van der Waals surface area (Å²) in [4.78, 5) is 15.9. The summed E-state index contributed by atoms with van der Waals surface area (Å²) in [5.41, 5.74) is 3.46. The van der Waals surface area contributed by atoms with Crippen LogP contribution >= 0.6 is 0 Å². The van der Waals surface area contributed by atoms with Crippen molar-refractivity contribution in [2.24, 2.45) is 5.73 Å². The van der Waals surface area contributed by atoms with Gasteiger partial charge in [-0.15, -0.1) is 0 Å². The van der Waals surface area contributed by atoms with E-state index in [9.17, 15) is 19.4 Å². The van der Waals surface area contributed by atoms with Gasteiger partial charge in [-0.25, -0.2) is 4.39 Å². The Morgan fingerprint density at radius 1 is 1.60 bits per heavy atom. The molecule has 1 aliphatic rings. The Labute approximate surface area is 146 Å². The zero-order valence-electron chi connectivity index (χ0n) is 14.6. The van der Waals surface area contributed by atoms with Crippen LogP contribution in [0.2, 0.25) is 0 Å². The predicted octanol–water partition coefficient (Wildman–Crippen LogP) is 0.785. The normalized spacial score (nSPS) is 22.4. The highest BCUT2D eigenvalue weighted by Gasteiger charge is 2.32. The number of ether oxygens (including phenoxy) is 1. The highest BCUT2D eigenvalue weighted by Crippen LogP contribution is 2.25. The van der Waals surface area contributed by atoms with Crippen molar-refractivity contribution < 1.29 is 24.1 Å². The summed E-state index contributed by atoms with van der Waals surface area (Å²) in [6.45, 7) is 3.68. The molecule has 25 heavy (non-hydrogen) atoms. The lowest BCUT2D eigenvalue weighted by atomic mass is 9.95. The van der Waals surface area contributed by atoms with Gasteiger partial charge in [0.1, 0.15) is 11.8 Å². The highest BCUT2D eigenvalue weighted by molar-refractivity contribution is 5.99. The van der Waals surface area contributed by atoms with Gasteiger partial charge in [-0.3, -0.25) is 9.78 Å². The number of nitrogens with two attached hydrogens (primary N) is 1. The topological polar surface area (TPSA) is 118 Å². The number of nitrogens with one attached hydrogen (secondary N) is 1. The lowest BCUT2D eigenvalue weighted by molar-refractivity contribution is -0.0763. The van der Waals surface area contributed by atoms with Gasteiger partial charge >= 0.3 is 0 Å². The maximum Gasteiger partial charge on any atom is 0.252 e. The van der Waals surface area contributed by atoms with Crippen LogP contribution in [0.25, 0.3) is 0 Å². The Kier molecular flexibility index (Phi) is 5.97. The number of halogens is 1. The van der Waals surface area contributed by atoms with Crippen LogP contribution in [-0.2, 0) is 11.2 Å². The van der Waals surface area contributed by atoms with Crippen molar-refractivity contribution in [2.45, 2.75) is 50.5 Å². The van der Waals surface area contributed by atoms with Gasteiger partial charge in [0.15, 0.2) is 0 Å². The molecule has 1 saturated heterocycles. The van der Waals surface area contributed by atoms with Crippen LogP contribution in [0.4, 0.5) is 10.1 Å². The average molecular weight is 355 g/mol. The SMILES string of the molecule is CC(C)(O)[C@H](F)Cc1nccc(NCC2(O)CCCOC2)c1C(N)=O. The number of primary amides is 1. The van der Waals surface area contributed by atoms with Crippen LogP contribution in [0.15, 0.2) is 12.3 Å². The molecule has 0 spiro atoms. The first-order chi connectivity index (χ1) is 11.6. The zero-order valence-corrected chi connectivity index (χ0v) is 14.6. The van der Waals surface area contributed by atoms with Crippen molar-refractivity contribution >= 4 is 11.6 Å². The zero-order chi connectivity index (χ0) is 18.7. The fourth-order valence-electron chi connectivity index (χ4n) is 2.74. The summed E-state index contributed by atoms with van der Waals surface area (Å²) in [6, 6.07) is 1.55. The number of alkyl halides is 1. The fraction of sp³-hybridized carbons (Fsp3) is 0.647. The summed E-state index contributed by atoms with van der Waals surface area (Å²) < 4.78 is 19.5. The first-order valence-electron chi connectivity index (χ1n) is 8.30. The molecule has 1 amide bonds. The lowest BCUT2D eigenvalue weighted by Gasteiger charge is -2.32. The van der Waals surface area contributed by atoms with E-state index < -0.39 is 23.3 Å². The maximum absolute atomic E-state index is 14.2. The van der Waals surface area contributed by atoms with Gasteiger partial charge < -0.3 is 26.0 Å². The van der Waals surface area contributed by atoms with Crippen LogP contribution in [0.5, 0.6) is 0 Å². The van der Waals surface area contributed by atoms with Crippen molar-refractivity contribution in [2.75, 3.05) is 25.1 Å². The molecule has 0 bridgehead atoms. The Bertz CT molecular complexity index is 612. The Morgan fingerprint density at radius 3 is 2.88 bits per heavy atom. The molecule has 2 rings (SSSR count). The molecule has 0 aromatic carbocycles. The van der Waals surface area contributed by atoms with Crippen molar-refractivity contribution in [3.63, 3.8) is 0 Å². The van der Waals surface area contributed by atoms with E-state index in [0.717, 1.165) is 6.42 Å². The molecule has 1 aliphatic heterocycles. The van der Waals surface area contributed by atoms with Crippen molar-refractivity contribution in [1.29, 1.82) is 0 Å². The quantitative estimate of drug-likeness (QED) is 0.574. The number of carbonyl (C=O) groups excluding carboxylic acids is 1. The monoisotopic (exact) mass is 355 g/mol. The van der Waals surface area contributed by atoms with E-state index in [2.05, 4.69) is 10.3 Å². The van der Waals surface area contributed by atoms with Gasteiger partial charge in [-0.1, -0.05) is 0 Å². The minimum atomic E-state index is -1.61.